The molecule has 2 saturated heterocycles. The van der Waals surface area contributed by atoms with Crippen LogP contribution in [0.15, 0.2) is 11.6 Å². The number of hydrogen-bond acceptors (Lipinski definition) is 5. The van der Waals surface area contributed by atoms with Gasteiger partial charge in [0.05, 0.1) is 0 Å². The Balaban J connectivity index is 1.44. The minimum Gasteiger partial charge on any atom is -0.354 e. The summed E-state index contributed by atoms with van der Waals surface area (Å²) in [6, 6.07) is -0.0265. The quantitative estimate of drug-likeness (QED) is 0.866. The predicted molar refractivity (Wildman–Crippen MR) is 94.9 cm³/mol. The number of thiazole rings is 1. The number of aromatic nitrogens is 1. The first-order valence-electron chi connectivity index (χ1n) is 8.94. The van der Waals surface area contributed by atoms with Crippen LogP contribution in [0.25, 0.3) is 0 Å². The number of anilines is 1. The van der Waals surface area contributed by atoms with Crippen LogP contribution in [0.4, 0.5) is 5.13 Å². The Labute approximate surface area is 143 Å². The van der Waals surface area contributed by atoms with Crippen LogP contribution < -0.4 is 10.2 Å². The number of likely N-dealkylation sites (tertiary alicyclic amines) is 1. The van der Waals surface area contributed by atoms with E-state index in [1.165, 1.54) is 38.9 Å². The Morgan fingerprint density at radius 2 is 2.17 bits per heavy atom. The molecule has 3 heterocycles. The molecular formula is C17H28N4OS. The molecule has 128 valence electrons. The van der Waals surface area contributed by atoms with Gasteiger partial charge in [0.15, 0.2) is 5.13 Å². The van der Waals surface area contributed by atoms with Crippen molar-refractivity contribution in [2.75, 3.05) is 37.6 Å². The Morgan fingerprint density at radius 1 is 1.35 bits per heavy atom. The van der Waals surface area contributed by atoms with E-state index in [2.05, 4.69) is 27.0 Å². The second-order valence-electron chi connectivity index (χ2n) is 6.70. The van der Waals surface area contributed by atoms with Crippen LogP contribution in [0.1, 0.15) is 39.0 Å². The van der Waals surface area contributed by atoms with Crippen molar-refractivity contribution >= 4 is 22.4 Å². The summed E-state index contributed by atoms with van der Waals surface area (Å²) in [5.74, 6) is 0.829. The summed E-state index contributed by atoms with van der Waals surface area (Å²) in [7, 11) is 0. The Kier molecular flexibility index (Phi) is 5.89. The summed E-state index contributed by atoms with van der Waals surface area (Å²) in [6.07, 6.45) is 7.49. The lowest BCUT2D eigenvalue weighted by molar-refractivity contribution is -0.122. The summed E-state index contributed by atoms with van der Waals surface area (Å²) in [5.41, 5.74) is 0. The van der Waals surface area contributed by atoms with Crippen LogP contribution in [0.2, 0.25) is 0 Å². The third-order valence-corrected chi connectivity index (χ3v) is 5.84. The van der Waals surface area contributed by atoms with Crippen LogP contribution in [0, 0.1) is 5.92 Å². The standard InChI is InChI=1S/C17H28N4OS/c1-2-8-20-10-5-14(6-11-20)13-19-16(22)15-4-3-9-21(15)17-18-7-12-23-17/h7,12,14-15H,2-6,8-11,13H2,1H3,(H,19,22). The molecule has 1 N–H and O–H groups in total. The van der Waals surface area contributed by atoms with Crippen LogP contribution in [0.3, 0.4) is 0 Å². The van der Waals surface area contributed by atoms with Gasteiger partial charge in [0.1, 0.15) is 6.04 Å². The normalized spacial score (nSPS) is 23.3. The van der Waals surface area contributed by atoms with Crippen molar-refractivity contribution in [2.45, 2.75) is 45.1 Å². The third kappa shape index (κ3) is 4.23. The highest BCUT2D eigenvalue weighted by molar-refractivity contribution is 7.13. The van der Waals surface area contributed by atoms with E-state index in [0.717, 1.165) is 31.1 Å². The van der Waals surface area contributed by atoms with Crippen molar-refractivity contribution in [3.8, 4) is 0 Å². The average Bonchev–Trinajstić information content (AvgIpc) is 3.25. The van der Waals surface area contributed by atoms with E-state index in [4.69, 9.17) is 0 Å². The van der Waals surface area contributed by atoms with Crippen molar-refractivity contribution in [1.82, 2.24) is 15.2 Å². The molecule has 2 aliphatic rings. The van der Waals surface area contributed by atoms with Gasteiger partial charge in [0.25, 0.3) is 0 Å². The fourth-order valence-corrected chi connectivity index (χ4v) is 4.44. The second-order valence-corrected chi connectivity index (χ2v) is 7.57. The zero-order chi connectivity index (χ0) is 16.1. The zero-order valence-corrected chi connectivity index (χ0v) is 14.9. The summed E-state index contributed by atoms with van der Waals surface area (Å²) in [5, 5.41) is 6.17. The van der Waals surface area contributed by atoms with Crippen LogP contribution in [-0.2, 0) is 4.79 Å². The van der Waals surface area contributed by atoms with E-state index in [1.807, 2.05) is 11.6 Å². The highest BCUT2D eigenvalue weighted by Gasteiger charge is 2.32. The largest absolute Gasteiger partial charge is 0.354 e. The molecular weight excluding hydrogens is 308 g/mol. The van der Waals surface area contributed by atoms with Gasteiger partial charge in [-0.05, 0) is 57.7 Å². The highest BCUT2D eigenvalue weighted by atomic mass is 32.1. The van der Waals surface area contributed by atoms with Gasteiger partial charge in [-0.2, -0.15) is 0 Å². The summed E-state index contributed by atoms with van der Waals surface area (Å²) < 4.78 is 0. The maximum Gasteiger partial charge on any atom is 0.242 e. The number of nitrogens with one attached hydrogen (secondary N) is 1. The number of rotatable bonds is 6. The molecule has 1 aromatic rings. The first kappa shape index (κ1) is 16.7. The lowest BCUT2D eigenvalue weighted by atomic mass is 9.96. The molecule has 1 amide bonds. The first-order valence-corrected chi connectivity index (χ1v) is 9.82. The van der Waals surface area contributed by atoms with Gasteiger partial charge >= 0.3 is 0 Å². The molecule has 6 heteroatoms. The van der Waals surface area contributed by atoms with Crippen molar-refractivity contribution in [2.24, 2.45) is 5.92 Å². The minimum absolute atomic E-state index is 0.0265. The molecule has 5 nitrogen and oxygen atoms in total. The molecule has 1 atom stereocenters. The van der Waals surface area contributed by atoms with E-state index < -0.39 is 0 Å². The Morgan fingerprint density at radius 3 is 2.87 bits per heavy atom. The molecule has 1 aromatic heterocycles. The van der Waals surface area contributed by atoms with Gasteiger partial charge in [-0.25, -0.2) is 4.98 Å². The monoisotopic (exact) mass is 336 g/mol. The minimum atomic E-state index is -0.0265. The fraction of sp³-hybridized carbons (Fsp3) is 0.765. The molecule has 0 radical (unpaired) electrons. The van der Waals surface area contributed by atoms with Gasteiger partial charge in [-0.3, -0.25) is 4.79 Å². The van der Waals surface area contributed by atoms with E-state index in [0.29, 0.717) is 5.92 Å². The Hall–Kier alpha value is -1.14. The van der Waals surface area contributed by atoms with Crippen molar-refractivity contribution < 1.29 is 4.79 Å². The fourth-order valence-electron chi connectivity index (χ4n) is 3.72. The number of nitrogens with zero attached hydrogens (tertiary/aromatic N) is 3. The number of amides is 1. The molecule has 0 bridgehead atoms. The molecule has 2 fully saturated rings. The molecule has 2 aliphatic heterocycles. The van der Waals surface area contributed by atoms with Crippen LogP contribution >= 0.6 is 11.3 Å². The number of piperidine rings is 1. The molecule has 0 aromatic carbocycles. The molecule has 0 aliphatic carbocycles. The van der Waals surface area contributed by atoms with E-state index in [-0.39, 0.29) is 11.9 Å². The first-order chi connectivity index (χ1) is 11.3. The molecule has 0 spiro atoms. The number of hydrogen-bond donors (Lipinski definition) is 1. The van der Waals surface area contributed by atoms with Crippen LogP contribution in [0.5, 0.6) is 0 Å². The van der Waals surface area contributed by atoms with E-state index in [1.54, 1.807) is 11.3 Å². The predicted octanol–water partition coefficient (Wildman–Crippen LogP) is 2.35. The summed E-state index contributed by atoms with van der Waals surface area (Å²) in [6.45, 7) is 7.60. The SMILES string of the molecule is CCCN1CCC(CNC(=O)C2CCCN2c2nccs2)CC1. The molecule has 0 saturated carbocycles. The Bertz CT molecular complexity index is 485. The van der Waals surface area contributed by atoms with Gasteiger partial charge in [0.2, 0.25) is 5.91 Å². The van der Waals surface area contributed by atoms with E-state index >= 15 is 0 Å². The molecule has 1 unspecified atom stereocenters. The maximum atomic E-state index is 12.6. The van der Waals surface area contributed by atoms with E-state index in [9.17, 15) is 4.79 Å². The van der Waals surface area contributed by atoms with Gasteiger partial charge in [0, 0.05) is 24.7 Å². The topological polar surface area (TPSA) is 48.5 Å². The third-order valence-electron chi connectivity index (χ3n) is 5.03. The second kappa shape index (κ2) is 8.11. The summed E-state index contributed by atoms with van der Waals surface area (Å²) in [4.78, 5) is 21.7. The smallest absolute Gasteiger partial charge is 0.242 e. The lowest BCUT2D eigenvalue weighted by Crippen LogP contribution is -2.46. The van der Waals surface area contributed by atoms with Gasteiger partial charge in [-0.1, -0.05) is 6.92 Å². The van der Waals surface area contributed by atoms with Gasteiger partial charge < -0.3 is 15.1 Å². The molecule has 23 heavy (non-hydrogen) atoms. The summed E-state index contributed by atoms with van der Waals surface area (Å²) >= 11 is 1.62. The lowest BCUT2D eigenvalue weighted by Gasteiger charge is -2.32. The average molecular weight is 337 g/mol. The number of carbonyl (C=O) groups is 1. The van der Waals surface area contributed by atoms with Crippen molar-refractivity contribution in [3.63, 3.8) is 0 Å². The molecule has 3 rings (SSSR count). The highest BCUT2D eigenvalue weighted by Crippen LogP contribution is 2.27. The van der Waals surface area contributed by atoms with Crippen molar-refractivity contribution in [3.05, 3.63) is 11.6 Å². The van der Waals surface area contributed by atoms with Crippen molar-refractivity contribution in [1.29, 1.82) is 0 Å². The zero-order valence-electron chi connectivity index (χ0n) is 14.0. The van der Waals surface area contributed by atoms with Crippen LogP contribution in [-0.4, -0.2) is 54.6 Å². The van der Waals surface area contributed by atoms with Gasteiger partial charge in [-0.15, -0.1) is 11.3 Å². The maximum absolute atomic E-state index is 12.6. The number of carbonyl (C=O) groups excluding carboxylic acids is 1.